The van der Waals surface area contributed by atoms with Gasteiger partial charge in [0.1, 0.15) is 17.3 Å². The number of pyridine rings is 1. The Balaban J connectivity index is 1.35. The molecule has 2 aliphatic heterocycles. The molecule has 8 heteroatoms. The molecule has 0 aliphatic carbocycles. The Hall–Kier alpha value is -2.74. The average Bonchev–Trinajstić information content (AvgIpc) is 2.75. The molecule has 29 heavy (non-hydrogen) atoms. The van der Waals surface area contributed by atoms with E-state index in [0.29, 0.717) is 11.6 Å². The molecule has 3 heterocycles. The Morgan fingerprint density at radius 1 is 1.10 bits per heavy atom. The van der Waals surface area contributed by atoms with Crippen LogP contribution < -0.4 is 9.80 Å². The predicted molar refractivity (Wildman–Crippen MR) is 111 cm³/mol. The first kappa shape index (κ1) is 19.6. The van der Waals surface area contributed by atoms with Gasteiger partial charge in [0.05, 0.1) is 11.0 Å². The minimum absolute atomic E-state index is 0.144. The van der Waals surface area contributed by atoms with Crippen molar-refractivity contribution in [3.05, 3.63) is 58.5 Å². The molecule has 0 radical (unpaired) electrons. The second-order valence-electron chi connectivity index (χ2n) is 7.82. The third-order valence-electron chi connectivity index (χ3n) is 5.86. The molecule has 154 valence electrons. The van der Waals surface area contributed by atoms with E-state index in [0.717, 1.165) is 70.5 Å². The third kappa shape index (κ3) is 4.64. The van der Waals surface area contributed by atoms with E-state index >= 15 is 0 Å². The van der Waals surface area contributed by atoms with Crippen LogP contribution in [0.5, 0.6) is 0 Å². The first-order valence-corrected chi connectivity index (χ1v) is 10.2. The van der Waals surface area contributed by atoms with Crippen LogP contribution in [-0.2, 0) is 0 Å². The SMILES string of the molecule is O=[N+]([O-])c1cc(F)ccc1N1CCCC(CN2CCN(c3ccccn3)CC2)C1. The molecule has 1 aromatic heterocycles. The van der Waals surface area contributed by atoms with Crippen LogP contribution >= 0.6 is 0 Å². The van der Waals surface area contributed by atoms with Gasteiger partial charge in [0.15, 0.2) is 0 Å². The Kier molecular flexibility index (Phi) is 5.89. The van der Waals surface area contributed by atoms with Crippen molar-refractivity contribution in [2.24, 2.45) is 5.92 Å². The third-order valence-corrected chi connectivity index (χ3v) is 5.86. The summed E-state index contributed by atoms with van der Waals surface area (Å²) in [7, 11) is 0. The first-order chi connectivity index (χ1) is 14.1. The van der Waals surface area contributed by atoms with E-state index in [4.69, 9.17) is 0 Å². The molecule has 0 spiro atoms. The summed E-state index contributed by atoms with van der Waals surface area (Å²) in [5.74, 6) is 0.911. The van der Waals surface area contributed by atoms with Gasteiger partial charge in [0.2, 0.25) is 0 Å². The van der Waals surface area contributed by atoms with Crippen molar-refractivity contribution in [3.8, 4) is 0 Å². The molecular formula is C21H26FN5O2. The fourth-order valence-electron chi connectivity index (χ4n) is 4.41. The maximum Gasteiger partial charge on any atom is 0.295 e. The Labute approximate surface area is 169 Å². The molecule has 0 bridgehead atoms. The fraction of sp³-hybridized carbons (Fsp3) is 0.476. The molecule has 1 unspecified atom stereocenters. The van der Waals surface area contributed by atoms with Gasteiger partial charge in [-0.15, -0.1) is 0 Å². The molecule has 0 saturated carbocycles. The zero-order valence-corrected chi connectivity index (χ0v) is 16.4. The summed E-state index contributed by atoms with van der Waals surface area (Å²) in [5.41, 5.74) is 0.385. The summed E-state index contributed by atoms with van der Waals surface area (Å²) < 4.78 is 13.5. The summed E-state index contributed by atoms with van der Waals surface area (Å²) in [4.78, 5) is 22.1. The number of aromatic nitrogens is 1. The van der Waals surface area contributed by atoms with Gasteiger partial charge in [-0.25, -0.2) is 9.37 Å². The molecule has 2 saturated heterocycles. The minimum atomic E-state index is -0.570. The van der Waals surface area contributed by atoms with E-state index in [9.17, 15) is 14.5 Å². The number of piperazine rings is 1. The van der Waals surface area contributed by atoms with Crippen LogP contribution in [0.25, 0.3) is 0 Å². The Bertz CT molecular complexity index is 842. The van der Waals surface area contributed by atoms with Crippen LogP contribution in [0.3, 0.4) is 0 Å². The maximum atomic E-state index is 13.5. The maximum absolute atomic E-state index is 13.5. The molecule has 2 fully saturated rings. The van der Waals surface area contributed by atoms with Crippen LogP contribution in [0.4, 0.5) is 21.6 Å². The van der Waals surface area contributed by atoms with Crippen molar-refractivity contribution in [1.82, 2.24) is 9.88 Å². The van der Waals surface area contributed by atoms with Crippen LogP contribution in [0.2, 0.25) is 0 Å². The van der Waals surface area contributed by atoms with Gasteiger partial charge < -0.3 is 9.80 Å². The summed E-state index contributed by atoms with van der Waals surface area (Å²) >= 11 is 0. The van der Waals surface area contributed by atoms with E-state index in [2.05, 4.69) is 19.7 Å². The first-order valence-electron chi connectivity index (χ1n) is 10.2. The number of rotatable bonds is 5. The second-order valence-corrected chi connectivity index (χ2v) is 7.82. The normalized spacial score (nSPS) is 20.7. The number of nitrogens with zero attached hydrogens (tertiary/aromatic N) is 5. The molecule has 2 aliphatic rings. The van der Waals surface area contributed by atoms with Crippen LogP contribution in [0.1, 0.15) is 12.8 Å². The molecular weight excluding hydrogens is 373 g/mol. The van der Waals surface area contributed by atoms with E-state index < -0.39 is 10.7 Å². The Morgan fingerprint density at radius 3 is 2.66 bits per heavy atom. The van der Waals surface area contributed by atoms with Crippen molar-refractivity contribution in [1.29, 1.82) is 0 Å². The highest BCUT2D eigenvalue weighted by molar-refractivity contribution is 5.63. The highest BCUT2D eigenvalue weighted by atomic mass is 19.1. The van der Waals surface area contributed by atoms with E-state index in [1.807, 2.05) is 24.4 Å². The summed E-state index contributed by atoms with van der Waals surface area (Å²) in [6.07, 6.45) is 3.94. The quantitative estimate of drug-likeness (QED) is 0.568. The molecule has 1 aromatic carbocycles. The van der Waals surface area contributed by atoms with Crippen molar-refractivity contribution >= 4 is 17.2 Å². The molecule has 0 N–H and O–H groups in total. The van der Waals surface area contributed by atoms with Crippen molar-refractivity contribution in [2.75, 3.05) is 55.6 Å². The number of anilines is 2. The molecule has 4 rings (SSSR count). The van der Waals surface area contributed by atoms with Gasteiger partial charge in [-0.05, 0) is 43.0 Å². The summed E-state index contributed by atoms with van der Waals surface area (Å²) in [6, 6.07) is 9.87. The monoisotopic (exact) mass is 399 g/mol. The topological polar surface area (TPSA) is 65.8 Å². The molecule has 0 amide bonds. The lowest BCUT2D eigenvalue weighted by atomic mass is 9.96. The van der Waals surface area contributed by atoms with Gasteiger partial charge in [-0.3, -0.25) is 15.0 Å². The highest BCUT2D eigenvalue weighted by Gasteiger charge is 2.28. The number of halogens is 1. The van der Waals surface area contributed by atoms with Crippen molar-refractivity contribution in [2.45, 2.75) is 12.8 Å². The molecule has 2 aromatic rings. The fourth-order valence-corrected chi connectivity index (χ4v) is 4.41. The zero-order chi connectivity index (χ0) is 20.2. The zero-order valence-electron chi connectivity index (χ0n) is 16.4. The number of nitro groups is 1. The Morgan fingerprint density at radius 2 is 1.93 bits per heavy atom. The van der Waals surface area contributed by atoms with Crippen molar-refractivity contribution in [3.63, 3.8) is 0 Å². The molecule has 7 nitrogen and oxygen atoms in total. The van der Waals surface area contributed by atoms with E-state index in [1.165, 1.54) is 6.07 Å². The number of nitro benzene ring substituents is 1. The summed E-state index contributed by atoms with van der Waals surface area (Å²) in [5, 5.41) is 11.4. The number of benzene rings is 1. The standard InChI is InChI=1S/C21H26FN5O2/c22-18-6-7-19(20(14-18)27(28)29)26-9-3-4-17(16-26)15-24-10-12-25(13-11-24)21-5-1-2-8-23-21/h1-2,5-8,14,17H,3-4,9-13,15-16H2. The minimum Gasteiger partial charge on any atom is -0.366 e. The van der Waals surface area contributed by atoms with Crippen LogP contribution in [-0.4, -0.2) is 60.6 Å². The van der Waals surface area contributed by atoms with Gasteiger partial charge in [0.25, 0.3) is 5.69 Å². The summed E-state index contributed by atoms with van der Waals surface area (Å²) in [6.45, 7) is 6.42. The van der Waals surface area contributed by atoms with E-state index in [1.54, 1.807) is 6.07 Å². The highest BCUT2D eigenvalue weighted by Crippen LogP contribution is 2.32. The lowest BCUT2D eigenvalue weighted by Crippen LogP contribution is -2.50. The van der Waals surface area contributed by atoms with Gasteiger partial charge in [0, 0.05) is 52.0 Å². The van der Waals surface area contributed by atoms with E-state index in [-0.39, 0.29) is 5.69 Å². The van der Waals surface area contributed by atoms with Crippen molar-refractivity contribution < 1.29 is 9.31 Å². The lowest BCUT2D eigenvalue weighted by Gasteiger charge is -2.40. The number of piperidine rings is 1. The number of hydrogen-bond donors (Lipinski definition) is 0. The van der Waals surface area contributed by atoms with Gasteiger partial charge in [-0.2, -0.15) is 0 Å². The largest absolute Gasteiger partial charge is 0.366 e. The van der Waals surface area contributed by atoms with Crippen LogP contribution in [0.15, 0.2) is 42.6 Å². The van der Waals surface area contributed by atoms with Gasteiger partial charge in [-0.1, -0.05) is 6.07 Å². The number of hydrogen-bond acceptors (Lipinski definition) is 6. The second kappa shape index (κ2) is 8.73. The average molecular weight is 399 g/mol. The molecule has 1 atom stereocenters. The smallest absolute Gasteiger partial charge is 0.295 e. The van der Waals surface area contributed by atoms with Crippen LogP contribution in [0, 0.1) is 21.8 Å². The predicted octanol–water partition coefficient (Wildman–Crippen LogP) is 3.17. The van der Waals surface area contributed by atoms with Gasteiger partial charge >= 0.3 is 0 Å². The lowest BCUT2D eigenvalue weighted by molar-refractivity contribution is -0.384.